The predicted octanol–water partition coefficient (Wildman–Crippen LogP) is 2.99. The molecular formula is C22H25N3O2. The van der Waals surface area contributed by atoms with Crippen LogP contribution in [-0.4, -0.2) is 22.0 Å². The van der Waals surface area contributed by atoms with Crippen molar-refractivity contribution < 1.29 is 4.79 Å². The van der Waals surface area contributed by atoms with E-state index in [4.69, 9.17) is 0 Å². The number of benzene rings is 2. The van der Waals surface area contributed by atoms with Crippen molar-refractivity contribution in [3.05, 3.63) is 74.7 Å². The van der Waals surface area contributed by atoms with Gasteiger partial charge in [0.1, 0.15) is 12.2 Å². The lowest BCUT2D eigenvalue weighted by Gasteiger charge is -2.13. The molecule has 0 aliphatic rings. The minimum Gasteiger partial charge on any atom is -0.354 e. The highest BCUT2D eigenvalue weighted by molar-refractivity contribution is 5.81. The molecule has 27 heavy (non-hydrogen) atoms. The summed E-state index contributed by atoms with van der Waals surface area (Å²) in [5, 5.41) is 2.93. The molecule has 5 heteroatoms. The van der Waals surface area contributed by atoms with Gasteiger partial charge in [-0.2, -0.15) is 0 Å². The van der Waals surface area contributed by atoms with E-state index >= 15 is 0 Å². The zero-order chi connectivity index (χ0) is 19.6. The molecule has 3 aromatic rings. The summed E-state index contributed by atoms with van der Waals surface area (Å²) in [6.45, 7) is 8.29. The van der Waals surface area contributed by atoms with Gasteiger partial charge < -0.3 is 5.32 Å². The van der Waals surface area contributed by atoms with Crippen molar-refractivity contribution in [2.24, 2.45) is 0 Å². The first-order chi connectivity index (χ1) is 12.9. The largest absolute Gasteiger partial charge is 0.354 e. The maximum absolute atomic E-state index is 12.6. The molecule has 0 unspecified atom stereocenters. The van der Waals surface area contributed by atoms with Gasteiger partial charge in [0.05, 0.1) is 11.0 Å². The molecule has 5 nitrogen and oxygen atoms in total. The lowest BCUT2D eigenvalue weighted by atomic mass is 10.1. The minimum atomic E-state index is -0.222. The molecule has 140 valence electrons. The molecule has 0 aliphatic carbocycles. The maximum Gasteiger partial charge on any atom is 0.272 e. The predicted molar refractivity (Wildman–Crippen MR) is 108 cm³/mol. The van der Waals surface area contributed by atoms with Crippen molar-refractivity contribution >= 4 is 16.9 Å². The second-order valence-corrected chi connectivity index (χ2v) is 7.04. The number of carbonyl (C=O) groups excluding carboxylic acids is 1. The molecule has 0 fully saturated rings. The molecule has 0 atom stereocenters. The van der Waals surface area contributed by atoms with Crippen molar-refractivity contribution in [3.63, 3.8) is 0 Å². The van der Waals surface area contributed by atoms with Crippen LogP contribution < -0.4 is 10.9 Å². The summed E-state index contributed by atoms with van der Waals surface area (Å²) in [7, 11) is 0. The number of nitrogens with one attached hydrogen (secondary N) is 1. The van der Waals surface area contributed by atoms with E-state index in [0.29, 0.717) is 17.8 Å². The van der Waals surface area contributed by atoms with Crippen LogP contribution in [0.3, 0.4) is 0 Å². The summed E-state index contributed by atoms with van der Waals surface area (Å²) in [5.74, 6) is -0.171. The average molecular weight is 363 g/mol. The lowest BCUT2D eigenvalue weighted by Crippen LogP contribution is -2.34. The third kappa shape index (κ3) is 4.08. The number of nitrogens with zero attached hydrogens (tertiary/aromatic N) is 2. The Kier molecular flexibility index (Phi) is 5.40. The second kappa shape index (κ2) is 7.74. The molecule has 1 heterocycles. The first-order valence-electron chi connectivity index (χ1n) is 9.16. The number of hydrogen-bond acceptors (Lipinski definition) is 3. The van der Waals surface area contributed by atoms with Crippen molar-refractivity contribution in [1.82, 2.24) is 14.9 Å². The number of aryl methyl sites for hydroxylation is 4. The van der Waals surface area contributed by atoms with Gasteiger partial charge in [0.25, 0.3) is 5.56 Å². The smallest absolute Gasteiger partial charge is 0.272 e. The molecule has 0 spiro atoms. The molecule has 0 aliphatic heterocycles. The lowest BCUT2D eigenvalue weighted by molar-refractivity contribution is -0.121. The van der Waals surface area contributed by atoms with Crippen LogP contribution >= 0.6 is 0 Å². The number of aromatic nitrogens is 2. The first-order valence-corrected chi connectivity index (χ1v) is 9.16. The number of carbonyl (C=O) groups is 1. The zero-order valence-electron chi connectivity index (χ0n) is 16.3. The maximum atomic E-state index is 12.6. The van der Waals surface area contributed by atoms with Crippen LogP contribution in [0.1, 0.15) is 27.9 Å². The van der Waals surface area contributed by atoms with E-state index in [0.717, 1.165) is 23.1 Å². The molecule has 0 saturated carbocycles. The minimum absolute atomic E-state index is 0.00499. The average Bonchev–Trinajstić information content (AvgIpc) is 2.62. The molecular weight excluding hydrogens is 338 g/mol. The summed E-state index contributed by atoms with van der Waals surface area (Å²) < 4.78 is 1.52. The van der Waals surface area contributed by atoms with Crippen molar-refractivity contribution in [3.8, 4) is 0 Å². The van der Waals surface area contributed by atoms with Crippen molar-refractivity contribution in [2.75, 3.05) is 6.54 Å². The Bertz CT molecular complexity index is 1070. The molecule has 0 radical (unpaired) electrons. The van der Waals surface area contributed by atoms with Gasteiger partial charge in [0.2, 0.25) is 5.91 Å². The van der Waals surface area contributed by atoms with Gasteiger partial charge in [-0.3, -0.25) is 14.2 Å². The van der Waals surface area contributed by atoms with Crippen LogP contribution in [0.2, 0.25) is 0 Å². The Morgan fingerprint density at radius 1 is 1.04 bits per heavy atom. The second-order valence-electron chi connectivity index (χ2n) is 7.04. The number of fused-ring (bicyclic) bond motifs is 1. The van der Waals surface area contributed by atoms with Crippen LogP contribution in [0.25, 0.3) is 11.0 Å². The van der Waals surface area contributed by atoms with E-state index in [1.54, 1.807) is 6.92 Å². The molecule has 3 rings (SSSR count). The van der Waals surface area contributed by atoms with Crippen LogP contribution in [0.5, 0.6) is 0 Å². The highest BCUT2D eigenvalue weighted by Gasteiger charge is 2.13. The molecule has 2 aromatic carbocycles. The topological polar surface area (TPSA) is 64.0 Å². The van der Waals surface area contributed by atoms with Crippen LogP contribution in [0.4, 0.5) is 0 Å². The van der Waals surface area contributed by atoms with Gasteiger partial charge in [-0.1, -0.05) is 24.3 Å². The highest BCUT2D eigenvalue weighted by Crippen LogP contribution is 2.17. The number of rotatable bonds is 5. The van der Waals surface area contributed by atoms with E-state index in [-0.39, 0.29) is 18.0 Å². The Morgan fingerprint density at radius 2 is 1.74 bits per heavy atom. The van der Waals surface area contributed by atoms with E-state index in [1.165, 1.54) is 15.7 Å². The molecule has 1 N–H and O–H groups in total. The fourth-order valence-corrected chi connectivity index (χ4v) is 3.21. The van der Waals surface area contributed by atoms with Gasteiger partial charge >= 0.3 is 0 Å². The summed E-state index contributed by atoms with van der Waals surface area (Å²) >= 11 is 0. The van der Waals surface area contributed by atoms with Gasteiger partial charge in [0, 0.05) is 6.54 Å². The summed E-state index contributed by atoms with van der Waals surface area (Å²) in [5.41, 5.74) is 6.23. The molecule has 0 saturated heterocycles. The van der Waals surface area contributed by atoms with E-state index in [2.05, 4.69) is 29.4 Å². The number of amides is 1. The first kappa shape index (κ1) is 18.8. The zero-order valence-corrected chi connectivity index (χ0v) is 16.3. The Morgan fingerprint density at radius 3 is 2.48 bits per heavy atom. The SMILES string of the molecule is Cc1cc2nc(C)c(=O)n(CC(=O)NCCc3ccccc3C)c2cc1C. The van der Waals surface area contributed by atoms with Crippen LogP contribution in [-0.2, 0) is 17.8 Å². The normalized spacial score (nSPS) is 11.0. The highest BCUT2D eigenvalue weighted by atomic mass is 16.2. The Balaban J connectivity index is 1.78. The van der Waals surface area contributed by atoms with Gasteiger partial charge in [-0.15, -0.1) is 0 Å². The summed E-state index contributed by atoms with van der Waals surface area (Å²) in [6.07, 6.45) is 0.766. The quantitative estimate of drug-likeness (QED) is 0.758. The van der Waals surface area contributed by atoms with E-state index in [1.807, 2.05) is 38.1 Å². The van der Waals surface area contributed by atoms with E-state index < -0.39 is 0 Å². The Hall–Kier alpha value is -2.95. The van der Waals surface area contributed by atoms with Gasteiger partial charge in [-0.25, -0.2) is 4.98 Å². The van der Waals surface area contributed by atoms with Gasteiger partial charge in [-0.05, 0) is 68.5 Å². The summed E-state index contributed by atoms with van der Waals surface area (Å²) in [6, 6.07) is 12.0. The van der Waals surface area contributed by atoms with Crippen molar-refractivity contribution in [2.45, 2.75) is 40.7 Å². The van der Waals surface area contributed by atoms with Crippen LogP contribution in [0, 0.1) is 27.7 Å². The molecule has 1 amide bonds. The van der Waals surface area contributed by atoms with E-state index in [9.17, 15) is 9.59 Å². The Labute approximate surface area is 159 Å². The molecule has 1 aromatic heterocycles. The third-order valence-electron chi connectivity index (χ3n) is 5.00. The van der Waals surface area contributed by atoms with Crippen LogP contribution in [0.15, 0.2) is 41.2 Å². The molecule has 0 bridgehead atoms. The standard InChI is InChI=1S/C22H25N3O2/c1-14-7-5-6-8-18(14)9-10-23-21(26)13-25-20-12-16(3)15(2)11-19(20)24-17(4)22(25)27/h5-8,11-12H,9-10,13H2,1-4H3,(H,23,26). The fourth-order valence-electron chi connectivity index (χ4n) is 3.21. The fraction of sp³-hybridized carbons (Fsp3) is 0.318. The third-order valence-corrected chi connectivity index (χ3v) is 5.00. The summed E-state index contributed by atoms with van der Waals surface area (Å²) in [4.78, 5) is 29.4. The van der Waals surface area contributed by atoms with Gasteiger partial charge in [0.15, 0.2) is 0 Å². The van der Waals surface area contributed by atoms with Crippen molar-refractivity contribution in [1.29, 1.82) is 0 Å². The number of hydrogen-bond donors (Lipinski definition) is 1. The monoisotopic (exact) mass is 363 g/mol.